The minimum Gasteiger partial charge on any atom is -1.00 e. The van der Waals surface area contributed by atoms with Crippen molar-refractivity contribution in [1.82, 2.24) is 4.57 Å². The van der Waals surface area contributed by atoms with Gasteiger partial charge in [0.05, 0.1) is 26.8 Å². The van der Waals surface area contributed by atoms with Crippen LogP contribution in [-0.4, -0.2) is 18.8 Å². The molecule has 1 aliphatic heterocycles. The number of hydrogen-bond acceptors (Lipinski definition) is 2. The largest absolute Gasteiger partial charge is 1.00 e. The highest BCUT2D eigenvalue weighted by atomic mass is 127. The Morgan fingerprint density at radius 2 is 1.78 bits per heavy atom. The van der Waals surface area contributed by atoms with E-state index < -0.39 is 0 Å². The van der Waals surface area contributed by atoms with Crippen molar-refractivity contribution in [2.75, 3.05) is 14.2 Å². The molecule has 4 nitrogen and oxygen atoms in total. The lowest BCUT2D eigenvalue weighted by atomic mass is 9.92. The van der Waals surface area contributed by atoms with Crippen molar-refractivity contribution in [3.8, 4) is 22.9 Å². The van der Waals surface area contributed by atoms with Gasteiger partial charge in [-0.15, -0.1) is 0 Å². The van der Waals surface area contributed by atoms with Gasteiger partial charge in [0.2, 0.25) is 0 Å². The van der Waals surface area contributed by atoms with Crippen LogP contribution in [0.25, 0.3) is 22.4 Å². The van der Waals surface area contributed by atoms with Gasteiger partial charge in [0.25, 0.3) is 5.82 Å². The molecule has 1 aromatic heterocycles. The summed E-state index contributed by atoms with van der Waals surface area (Å²) in [5.41, 5.74) is 5.18. The Kier molecular flexibility index (Phi) is 5.99. The summed E-state index contributed by atoms with van der Waals surface area (Å²) in [7, 11) is 5.62. The molecule has 0 fully saturated rings. The van der Waals surface area contributed by atoms with Crippen LogP contribution in [0.15, 0.2) is 36.4 Å². The first kappa shape index (κ1) is 20.0. The number of imidazole rings is 1. The molecule has 0 bridgehead atoms. The maximum absolute atomic E-state index is 5.47. The van der Waals surface area contributed by atoms with E-state index in [0.29, 0.717) is 6.04 Å². The summed E-state index contributed by atoms with van der Waals surface area (Å²) in [6.07, 6.45) is 4.70. The fraction of sp³-hybridized carbons (Fsp3) is 0.409. The number of methoxy groups -OCH3 is 2. The lowest BCUT2D eigenvalue weighted by molar-refractivity contribution is -0.691. The van der Waals surface area contributed by atoms with Crippen molar-refractivity contribution in [2.24, 2.45) is 7.05 Å². The van der Waals surface area contributed by atoms with E-state index in [0.717, 1.165) is 17.9 Å². The van der Waals surface area contributed by atoms with Gasteiger partial charge < -0.3 is 33.5 Å². The molecule has 4 rings (SSSR count). The Morgan fingerprint density at radius 3 is 2.48 bits per heavy atom. The van der Waals surface area contributed by atoms with Crippen molar-refractivity contribution in [3.63, 3.8) is 0 Å². The van der Waals surface area contributed by atoms with Crippen LogP contribution >= 0.6 is 0 Å². The molecular weight excluding hydrogens is 451 g/mol. The number of aromatic nitrogens is 2. The van der Waals surface area contributed by atoms with Gasteiger partial charge in [0, 0.05) is 12.5 Å². The molecule has 0 spiro atoms. The van der Waals surface area contributed by atoms with E-state index in [-0.39, 0.29) is 24.0 Å². The third-order valence-corrected chi connectivity index (χ3v) is 5.61. The van der Waals surface area contributed by atoms with E-state index >= 15 is 0 Å². The minimum atomic E-state index is 0. The molecule has 0 N–H and O–H groups in total. The molecule has 144 valence electrons. The van der Waals surface area contributed by atoms with Crippen LogP contribution < -0.4 is 38.0 Å². The van der Waals surface area contributed by atoms with Gasteiger partial charge in [0.1, 0.15) is 17.5 Å². The summed E-state index contributed by atoms with van der Waals surface area (Å²) in [4.78, 5) is 0. The van der Waals surface area contributed by atoms with E-state index in [2.05, 4.69) is 59.5 Å². The highest BCUT2D eigenvalue weighted by Crippen LogP contribution is 2.37. The lowest BCUT2D eigenvalue weighted by Gasteiger charge is -2.23. The zero-order valence-electron chi connectivity index (χ0n) is 16.5. The minimum absolute atomic E-state index is 0. The Balaban J connectivity index is 0.00000210. The highest BCUT2D eigenvalue weighted by Gasteiger charge is 2.36. The van der Waals surface area contributed by atoms with Crippen LogP contribution in [0.5, 0.6) is 11.5 Å². The fourth-order valence-electron chi connectivity index (χ4n) is 4.27. The SMILES string of the molecule is CCCCC1Cc2cc(OC)ccc2-c2n(C)c3cc(OC)ccc3[n+]21.[I-]. The normalized spacial score (nSPS) is 15.0. The van der Waals surface area contributed by atoms with E-state index in [1.165, 1.54) is 47.2 Å². The Labute approximate surface area is 178 Å². The molecular formula is C22H27IN2O2. The zero-order valence-corrected chi connectivity index (χ0v) is 18.6. The Bertz CT molecular complexity index is 965. The molecule has 0 radical (unpaired) electrons. The van der Waals surface area contributed by atoms with E-state index in [1.54, 1.807) is 14.2 Å². The van der Waals surface area contributed by atoms with Crippen LogP contribution in [-0.2, 0) is 13.5 Å². The van der Waals surface area contributed by atoms with Crippen molar-refractivity contribution in [2.45, 2.75) is 38.6 Å². The number of nitrogens with zero attached hydrogens (tertiary/aromatic N) is 2. The number of ether oxygens (including phenoxy) is 2. The third-order valence-electron chi connectivity index (χ3n) is 5.61. The van der Waals surface area contributed by atoms with Gasteiger partial charge in [-0.05, 0) is 48.7 Å². The smallest absolute Gasteiger partial charge is 0.290 e. The van der Waals surface area contributed by atoms with Crippen LogP contribution in [0.2, 0.25) is 0 Å². The van der Waals surface area contributed by atoms with Gasteiger partial charge in [-0.2, -0.15) is 0 Å². The quantitative estimate of drug-likeness (QED) is 0.410. The summed E-state index contributed by atoms with van der Waals surface area (Å²) in [5.74, 6) is 3.11. The maximum atomic E-state index is 5.47. The monoisotopic (exact) mass is 478 g/mol. The number of fused-ring (bicyclic) bond motifs is 5. The van der Waals surface area contributed by atoms with Gasteiger partial charge >= 0.3 is 0 Å². The standard InChI is InChI=1S/C22H27N2O2.HI/c1-5-6-7-16-12-15-13-17(25-3)8-10-19(15)22-23(2)21-14-18(26-4)9-11-20(21)24(16)22;/h8-11,13-14,16H,5-7,12H2,1-4H3;1H/q+1;/p-1. The summed E-state index contributed by atoms with van der Waals surface area (Å²) in [6.45, 7) is 2.26. The molecule has 2 aromatic carbocycles. The van der Waals surface area contributed by atoms with Crippen LogP contribution in [0.4, 0.5) is 0 Å². The average molecular weight is 478 g/mol. The summed E-state index contributed by atoms with van der Waals surface area (Å²) < 4.78 is 15.8. The van der Waals surface area contributed by atoms with Crippen molar-refractivity contribution in [3.05, 3.63) is 42.0 Å². The van der Waals surface area contributed by atoms with Crippen molar-refractivity contribution < 1.29 is 38.0 Å². The number of halogens is 1. The highest BCUT2D eigenvalue weighted by molar-refractivity contribution is 5.79. The third kappa shape index (κ3) is 3.30. The second-order valence-corrected chi connectivity index (χ2v) is 7.13. The molecule has 1 atom stereocenters. The maximum Gasteiger partial charge on any atom is 0.290 e. The first-order chi connectivity index (χ1) is 12.7. The molecule has 1 aliphatic rings. The van der Waals surface area contributed by atoms with Gasteiger partial charge in [-0.25, -0.2) is 9.13 Å². The second kappa shape index (κ2) is 8.09. The van der Waals surface area contributed by atoms with E-state index in [1.807, 2.05) is 0 Å². The zero-order chi connectivity index (χ0) is 18.3. The first-order valence-corrected chi connectivity index (χ1v) is 9.43. The Hall–Kier alpha value is -1.76. The van der Waals surface area contributed by atoms with Crippen LogP contribution in [0.1, 0.15) is 37.8 Å². The molecule has 3 aromatic rings. The Morgan fingerprint density at radius 1 is 1.07 bits per heavy atom. The molecule has 0 saturated carbocycles. The van der Waals surface area contributed by atoms with Crippen molar-refractivity contribution in [1.29, 1.82) is 0 Å². The predicted molar refractivity (Wildman–Crippen MR) is 104 cm³/mol. The first-order valence-electron chi connectivity index (χ1n) is 9.43. The number of rotatable bonds is 5. The van der Waals surface area contributed by atoms with Gasteiger partial charge in [-0.1, -0.05) is 13.3 Å². The molecule has 0 aliphatic carbocycles. The predicted octanol–water partition coefficient (Wildman–Crippen LogP) is 1.44. The van der Waals surface area contributed by atoms with Crippen LogP contribution in [0, 0.1) is 0 Å². The second-order valence-electron chi connectivity index (χ2n) is 7.13. The number of unbranched alkanes of at least 4 members (excludes halogenated alkanes) is 1. The van der Waals surface area contributed by atoms with Crippen molar-refractivity contribution >= 4 is 11.0 Å². The molecule has 1 unspecified atom stereocenters. The van der Waals surface area contributed by atoms with Crippen LogP contribution in [0.3, 0.4) is 0 Å². The number of benzene rings is 2. The molecule has 5 heteroatoms. The summed E-state index contributed by atoms with van der Waals surface area (Å²) >= 11 is 0. The number of hydrogen-bond donors (Lipinski definition) is 0. The molecule has 27 heavy (non-hydrogen) atoms. The number of aryl methyl sites for hydroxylation is 1. The summed E-state index contributed by atoms with van der Waals surface area (Å²) in [5, 5.41) is 0. The van der Waals surface area contributed by atoms with Gasteiger partial charge in [-0.3, -0.25) is 0 Å². The summed E-state index contributed by atoms with van der Waals surface area (Å²) in [6, 6.07) is 13.3. The lowest BCUT2D eigenvalue weighted by Crippen LogP contribution is -3.00. The fourth-order valence-corrected chi connectivity index (χ4v) is 4.27. The molecule has 0 saturated heterocycles. The van der Waals surface area contributed by atoms with E-state index in [4.69, 9.17) is 9.47 Å². The van der Waals surface area contributed by atoms with E-state index in [9.17, 15) is 0 Å². The topological polar surface area (TPSA) is 27.3 Å². The molecule has 0 amide bonds. The average Bonchev–Trinajstić information content (AvgIpc) is 2.98. The van der Waals surface area contributed by atoms with Gasteiger partial charge in [0.15, 0.2) is 11.0 Å². The molecule has 2 heterocycles.